The van der Waals surface area contributed by atoms with Crippen molar-refractivity contribution in [1.82, 2.24) is 0 Å². The molecule has 2 heterocycles. The van der Waals surface area contributed by atoms with Gasteiger partial charge in [-0.1, -0.05) is 18.2 Å². The van der Waals surface area contributed by atoms with E-state index < -0.39 is 0 Å². The summed E-state index contributed by atoms with van der Waals surface area (Å²) in [5, 5.41) is -0.350. The fraction of sp³-hybridized carbons (Fsp3) is 0.0588. The van der Waals surface area contributed by atoms with E-state index in [0.717, 1.165) is 16.7 Å². The number of hydrogen-bond donors (Lipinski definition) is 0. The number of hydrogen-bond acceptors (Lipinski definition) is 5. The van der Waals surface area contributed by atoms with Crippen LogP contribution in [-0.4, -0.2) is 18.3 Å². The van der Waals surface area contributed by atoms with Gasteiger partial charge in [0, 0.05) is 0 Å². The predicted octanol–water partition coefficient (Wildman–Crippen LogP) is 4.09. The summed E-state index contributed by atoms with van der Waals surface area (Å²) in [6, 6.07) is 10.5. The highest BCUT2D eigenvalue weighted by molar-refractivity contribution is 8.18. The average Bonchev–Trinajstić information content (AvgIpc) is 3.16. The Morgan fingerprint density at radius 1 is 1.17 bits per heavy atom. The highest BCUT2D eigenvalue weighted by atomic mass is 32.2. The van der Waals surface area contributed by atoms with Gasteiger partial charge in [-0.3, -0.25) is 9.59 Å². The monoisotopic (exact) mass is 327 g/mol. The highest BCUT2D eigenvalue weighted by Crippen LogP contribution is 2.38. The van der Waals surface area contributed by atoms with Gasteiger partial charge in [0.1, 0.15) is 11.5 Å². The van der Waals surface area contributed by atoms with Crippen molar-refractivity contribution >= 4 is 34.7 Å². The van der Waals surface area contributed by atoms with Gasteiger partial charge in [0.2, 0.25) is 0 Å². The summed E-state index contributed by atoms with van der Waals surface area (Å²) in [6.45, 7) is 0. The second-order valence-electron chi connectivity index (χ2n) is 4.59. The molecule has 5 nitrogen and oxygen atoms in total. The molecular weight excluding hydrogens is 314 g/mol. The number of thioether (sulfide) groups is 1. The second kappa shape index (κ2) is 6.58. The fourth-order valence-electron chi connectivity index (χ4n) is 2.12. The van der Waals surface area contributed by atoms with Crippen LogP contribution in [0.4, 0.5) is 10.5 Å². The number of carbonyl (C=O) groups excluding carboxylic acids is 2. The Balaban J connectivity index is 1.85. The van der Waals surface area contributed by atoms with Crippen molar-refractivity contribution in [2.45, 2.75) is 0 Å². The Morgan fingerprint density at radius 2 is 2.00 bits per heavy atom. The number of ether oxygens (including phenoxy) is 1. The van der Waals surface area contributed by atoms with Gasteiger partial charge in [0.05, 0.1) is 24.0 Å². The number of rotatable bonds is 4. The lowest BCUT2D eigenvalue weighted by Crippen LogP contribution is -2.28. The van der Waals surface area contributed by atoms with Crippen LogP contribution < -0.4 is 9.64 Å². The van der Waals surface area contributed by atoms with Gasteiger partial charge >= 0.3 is 0 Å². The Kier molecular flexibility index (Phi) is 4.34. The summed E-state index contributed by atoms with van der Waals surface area (Å²) >= 11 is 0.894. The normalized spacial score (nSPS) is 16.7. The van der Waals surface area contributed by atoms with E-state index in [-0.39, 0.29) is 11.1 Å². The summed E-state index contributed by atoms with van der Waals surface area (Å²) in [5.74, 6) is 0.779. The summed E-state index contributed by atoms with van der Waals surface area (Å²) < 4.78 is 10.4. The van der Waals surface area contributed by atoms with Gasteiger partial charge in [-0.05, 0) is 48.2 Å². The number of furan rings is 1. The molecule has 0 bridgehead atoms. The van der Waals surface area contributed by atoms with Crippen molar-refractivity contribution in [3.63, 3.8) is 0 Å². The number of para-hydroxylation sites is 2. The van der Waals surface area contributed by atoms with E-state index in [1.807, 2.05) is 0 Å². The van der Waals surface area contributed by atoms with Gasteiger partial charge in [0.15, 0.2) is 0 Å². The van der Waals surface area contributed by atoms with Crippen molar-refractivity contribution < 1.29 is 18.7 Å². The highest BCUT2D eigenvalue weighted by Gasteiger charge is 2.37. The number of allylic oxidation sites excluding steroid dienone is 2. The standard InChI is InChI=1S/C17H13NO4S/c1-21-14-9-3-2-8-13(14)18-16(19)15(23-17(18)20)10-4-6-12-7-5-11-22-12/h2-11H,1H3. The molecule has 23 heavy (non-hydrogen) atoms. The van der Waals surface area contributed by atoms with E-state index in [1.54, 1.807) is 60.9 Å². The number of benzene rings is 1. The van der Waals surface area contributed by atoms with E-state index in [4.69, 9.17) is 9.15 Å². The minimum Gasteiger partial charge on any atom is -0.495 e. The van der Waals surface area contributed by atoms with E-state index in [2.05, 4.69) is 0 Å². The average molecular weight is 327 g/mol. The van der Waals surface area contributed by atoms with Gasteiger partial charge in [-0.2, -0.15) is 0 Å². The number of anilines is 1. The van der Waals surface area contributed by atoms with Crippen molar-refractivity contribution in [2.24, 2.45) is 0 Å². The molecule has 0 saturated carbocycles. The van der Waals surface area contributed by atoms with Crippen LogP contribution >= 0.6 is 11.8 Å². The van der Waals surface area contributed by atoms with Gasteiger partial charge in [0.25, 0.3) is 11.1 Å². The molecule has 116 valence electrons. The molecular formula is C17H13NO4S. The Bertz CT molecular complexity index is 793. The third kappa shape index (κ3) is 3.07. The first-order valence-corrected chi connectivity index (χ1v) is 7.63. The Morgan fingerprint density at radius 3 is 2.74 bits per heavy atom. The van der Waals surface area contributed by atoms with Crippen LogP contribution in [0.3, 0.4) is 0 Å². The molecule has 1 aromatic carbocycles. The van der Waals surface area contributed by atoms with Crippen molar-refractivity contribution in [3.05, 3.63) is 65.5 Å². The molecule has 0 N–H and O–H groups in total. The molecule has 1 aliphatic heterocycles. The second-order valence-corrected chi connectivity index (χ2v) is 5.58. The molecule has 0 spiro atoms. The van der Waals surface area contributed by atoms with E-state index in [1.165, 1.54) is 7.11 Å². The molecule has 1 aromatic heterocycles. The summed E-state index contributed by atoms with van der Waals surface area (Å²) in [7, 11) is 1.50. The molecule has 1 saturated heterocycles. The number of nitrogens with zero attached hydrogens (tertiary/aromatic N) is 1. The van der Waals surface area contributed by atoms with E-state index in [0.29, 0.717) is 22.1 Å². The largest absolute Gasteiger partial charge is 0.495 e. The summed E-state index contributed by atoms with van der Waals surface area (Å²) in [5.41, 5.74) is 0.441. The number of amides is 2. The zero-order valence-corrected chi connectivity index (χ0v) is 13.1. The molecule has 0 radical (unpaired) electrons. The maximum atomic E-state index is 12.5. The molecule has 2 amide bonds. The Hall–Kier alpha value is -2.73. The zero-order valence-electron chi connectivity index (χ0n) is 12.3. The number of carbonyl (C=O) groups is 2. The first kappa shape index (κ1) is 15.2. The lowest BCUT2D eigenvalue weighted by atomic mass is 10.2. The zero-order chi connectivity index (χ0) is 16.2. The third-order valence-corrected chi connectivity index (χ3v) is 4.06. The summed E-state index contributed by atoms with van der Waals surface area (Å²) in [4.78, 5) is 26.1. The number of methoxy groups -OCH3 is 1. The van der Waals surface area contributed by atoms with Crippen LogP contribution in [0.2, 0.25) is 0 Å². The van der Waals surface area contributed by atoms with Crippen molar-refractivity contribution in [3.8, 4) is 5.75 Å². The molecule has 2 aromatic rings. The quantitative estimate of drug-likeness (QED) is 0.792. The van der Waals surface area contributed by atoms with Crippen molar-refractivity contribution in [2.75, 3.05) is 12.0 Å². The Labute approximate surface area is 137 Å². The molecule has 6 heteroatoms. The first-order chi connectivity index (χ1) is 11.2. The van der Waals surface area contributed by atoms with Crippen LogP contribution in [0, 0.1) is 0 Å². The van der Waals surface area contributed by atoms with Crippen molar-refractivity contribution in [1.29, 1.82) is 0 Å². The van der Waals surface area contributed by atoms with Gasteiger partial charge in [-0.25, -0.2) is 4.90 Å². The molecule has 1 fully saturated rings. The summed E-state index contributed by atoms with van der Waals surface area (Å²) in [6.07, 6.45) is 6.56. The minimum atomic E-state index is -0.367. The molecule has 0 aliphatic carbocycles. The van der Waals surface area contributed by atoms with Crippen LogP contribution in [0.15, 0.2) is 64.1 Å². The van der Waals surface area contributed by atoms with Crippen LogP contribution in [-0.2, 0) is 4.79 Å². The third-order valence-electron chi connectivity index (χ3n) is 3.17. The predicted molar refractivity (Wildman–Crippen MR) is 89.3 cm³/mol. The van der Waals surface area contributed by atoms with Gasteiger partial charge in [-0.15, -0.1) is 0 Å². The van der Waals surface area contributed by atoms with E-state index >= 15 is 0 Å². The first-order valence-electron chi connectivity index (χ1n) is 6.82. The van der Waals surface area contributed by atoms with Gasteiger partial charge < -0.3 is 9.15 Å². The maximum Gasteiger partial charge on any atom is 0.298 e. The molecule has 3 rings (SSSR count). The number of imide groups is 1. The topological polar surface area (TPSA) is 59.8 Å². The molecule has 1 aliphatic rings. The molecule has 0 atom stereocenters. The smallest absolute Gasteiger partial charge is 0.298 e. The molecule has 0 unspecified atom stereocenters. The SMILES string of the molecule is COc1ccccc1N1C(=O)SC(=CC=Cc2ccco2)C1=O. The maximum absolute atomic E-state index is 12.5. The lowest BCUT2D eigenvalue weighted by molar-refractivity contribution is -0.113. The van der Waals surface area contributed by atoms with Crippen LogP contribution in [0.25, 0.3) is 6.08 Å². The lowest BCUT2D eigenvalue weighted by Gasteiger charge is -2.15. The van der Waals surface area contributed by atoms with Crippen LogP contribution in [0.1, 0.15) is 5.76 Å². The van der Waals surface area contributed by atoms with E-state index in [9.17, 15) is 9.59 Å². The fourth-order valence-corrected chi connectivity index (χ4v) is 2.91. The van der Waals surface area contributed by atoms with Crippen LogP contribution in [0.5, 0.6) is 5.75 Å². The minimum absolute atomic E-state index is 0.350.